The van der Waals surface area contributed by atoms with E-state index in [9.17, 15) is 14.4 Å². The quantitative estimate of drug-likeness (QED) is 0.662. The second-order valence-electron chi connectivity index (χ2n) is 6.00. The van der Waals surface area contributed by atoms with Gasteiger partial charge in [-0.3, -0.25) is 14.4 Å². The summed E-state index contributed by atoms with van der Waals surface area (Å²) in [6.07, 6.45) is 6.13. The first-order chi connectivity index (χ1) is 9.88. The highest BCUT2D eigenvalue weighted by Gasteiger charge is 2.21. The number of carboxylic acid groups (broad SMARTS) is 1. The first kappa shape index (κ1) is 17.5. The zero-order valence-corrected chi connectivity index (χ0v) is 12.9. The Morgan fingerprint density at radius 2 is 1.71 bits per heavy atom. The van der Waals surface area contributed by atoms with E-state index in [2.05, 4.69) is 10.6 Å². The van der Waals surface area contributed by atoms with Gasteiger partial charge in [-0.1, -0.05) is 19.3 Å². The number of rotatable bonds is 7. The van der Waals surface area contributed by atoms with Gasteiger partial charge in [-0.15, -0.1) is 0 Å². The number of carbonyl (C=O) groups is 3. The van der Waals surface area contributed by atoms with Gasteiger partial charge >= 0.3 is 5.97 Å². The molecule has 2 amide bonds. The molecule has 0 aromatic heterocycles. The average molecular weight is 298 g/mol. The maximum absolute atomic E-state index is 11.9. The number of hydrogen-bond donors (Lipinski definition) is 3. The van der Waals surface area contributed by atoms with Crippen LogP contribution in [0.1, 0.15) is 58.8 Å². The van der Waals surface area contributed by atoms with Crippen LogP contribution in [0.25, 0.3) is 0 Å². The van der Waals surface area contributed by atoms with E-state index >= 15 is 0 Å². The topological polar surface area (TPSA) is 95.5 Å². The van der Waals surface area contributed by atoms with Crippen molar-refractivity contribution in [3.8, 4) is 0 Å². The number of amides is 2. The summed E-state index contributed by atoms with van der Waals surface area (Å²) in [4.78, 5) is 34.3. The predicted octanol–water partition coefficient (Wildman–Crippen LogP) is 1.44. The molecule has 0 aromatic carbocycles. The fourth-order valence-electron chi connectivity index (χ4n) is 2.70. The van der Waals surface area contributed by atoms with Crippen LogP contribution in [0.2, 0.25) is 0 Å². The largest absolute Gasteiger partial charge is 0.481 e. The SMILES string of the molecule is CC(CC(=O)O)NC(=O)C(C)NC(=O)CC1CCCCC1. The molecule has 1 saturated carbocycles. The first-order valence-electron chi connectivity index (χ1n) is 7.70. The van der Waals surface area contributed by atoms with Gasteiger partial charge in [0.15, 0.2) is 0 Å². The van der Waals surface area contributed by atoms with Crippen molar-refractivity contribution in [1.29, 1.82) is 0 Å². The maximum Gasteiger partial charge on any atom is 0.305 e. The number of carbonyl (C=O) groups excluding carboxylic acids is 2. The Bertz CT molecular complexity index is 378. The molecule has 0 heterocycles. The number of carboxylic acids is 1. The van der Waals surface area contributed by atoms with Crippen LogP contribution in [0.4, 0.5) is 0 Å². The van der Waals surface area contributed by atoms with Crippen molar-refractivity contribution in [3.63, 3.8) is 0 Å². The van der Waals surface area contributed by atoms with E-state index in [0.717, 1.165) is 12.8 Å². The van der Waals surface area contributed by atoms with Gasteiger partial charge in [-0.05, 0) is 32.6 Å². The van der Waals surface area contributed by atoms with Gasteiger partial charge in [-0.2, -0.15) is 0 Å². The summed E-state index contributed by atoms with van der Waals surface area (Å²) in [6, 6.07) is -1.09. The van der Waals surface area contributed by atoms with Crippen LogP contribution in [-0.4, -0.2) is 35.0 Å². The fourth-order valence-corrected chi connectivity index (χ4v) is 2.70. The monoisotopic (exact) mass is 298 g/mol. The summed E-state index contributed by atoms with van der Waals surface area (Å²) >= 11 is 0. The molecule has 6 heteroatoms. The second-order valence-corrected chi connectivity index (χ2v) is 6.00. The van der Waals surface area contributed by atoms with Crippen LogP contribution >= 0.6 is 0 Å². The molecule has 0 aliphatic heterocycles. The number of nitrogens with one attached hydrogen (secondary N) is 2. The molecular weight excluding hydrogens is 272 g/mol. The Hall–Kier alpha value is -1.59. The summed E-state index contributed by atoms with van der Waals surface area (Å²) in [5.74, 6) is -0.979. The molecule has 0 aromatic rings. The van der Waals surface area contributed by atoms with Crippen molar-refractivity contribution in [2.75, 3.05) is 0 Å². The van der Waals surface area contributed by atoms with E-state index in [4.69, 9.17) is 5.11 Å². The van der Waals surface area contributed by atoms with Crippen molar-refractivity contribution >= 4 is 17.8 Å². The van der Waals surface area contributed by atoms with E-state index in [0.29, 0.717) is 12.3 Å². The van der Waals surface area contributed by atoms with Crippen molar-refractivity contribution in [1.82, 2.24) is 10.6 Å². The van der Waals surface area contributed by atoms with E-state index in [1.807, 2.05) is 0 Å². The molecule has 0 radical (unpaired) electrons. The molecule has 1 rings (SSSR count). The van der Waals surface area contributed by atoms with E-state index in [1.54, 1.807) is 13.8 Å². The summed E-state index contributed by atoms with van der Waals surface area (Å²) in [7, 11) is 0. The molecule has 6 nitrogen and oxygen atoms in total. The lowest BCUT2D eigenvalue weighted by Crippen LogP contribution is -2.48. The molecule has 1 aliphatic carbocycles. The Morgan fingerprint density at radius 3 is 2.29 bits per heavy atom. The van der Waals surface area contributed by atoms with Gasteiger partial charge < -0.3 is 15.7 Å². The summed E-state index contributed by atoms with van der Waals surface area (Å²) in [5.41, 5.74) is 0. The Balaban J connectivity index is 2.30. The van der Waals surface area contributed by atoms with Gasteiger partial charge in [0, 0.05) is 12.5 Å². The standard InChI is InChI=1S/C15H26N2O4/c1-10(8-14(19)20)16-15(21)11(2)17-13(18)9-12-6-4-3-5-7-12/h10-12H,3-9H2,1-2H3,(H,16,21)(H,17,18)(H,19,20). The fraction of sp³-hybridized carbons (Fsp3) is 0.800. The smallest absolute Gasteiger partial charge is 0.305 e. The van der Waals surface area contributed by atoms with Crippen LogP contribution in [0.15, 0.2) is 0 Å². The maximum atomic E-state index is 11.9. The number of hydrogen-bond acceptors (Lipinski definition) is 3. The molecule has 2 unspecified atom stereocenters. The Labute approximate surface area is 125 Å². The van der Waals surface area contributed by atoms with Gasteiger partial charge in [-0.25, -0.2) is 0 Å². The third kappa shape index (κ3) is 7.11. The molecule has 0 bridgehead atoms. The normalized spacial score (nSPS) is 18.6. The van der Waals surface area contributed by atoms with Crippen LogP contribution in [0.5, 0.6) is 0 Å². The van der Waals surface area contributed by atoms with Gasteiger partial charge in [0.2, 0.25) is 11.8 Å². The first-order valence-corrected chi connectivity index (χ1v) is 7.70. The molecule has 21 heavy (non-hydrogen) atoms. The summed E-state index contributed by atoms with van der Waals surface area (Å²) in [6.45, 7) is 3.24. The minimum Gasteiger partial charge on any atom is -0.481 e. The summed E-state index contributed by atoms with van der Waals surface area (Å²) in [5, 5.41) is 13.9. The number of aliphatic carboxylic acids is 1. The lowest BCUT2D eigenvalue weighted by atomic mass is 9.87. The minimum atomic E-state index is -0.961. The van der Waals surface area contributed by atoms with Gasteiger partial charge in [0.25, 0.3) is 0 Å². The summed E-state index contributed by atoms with van der Waals surface area (Å²) < 4.78 is 0. The zero-order valence-electron chi connectivity index (χ0n) is 12.9. The van der Waals surface area contributed by atoms with Crippen molar-refractivity contribution in [3.05, 3.63) is 0 Å². The average Bonchev–Trinajstić information content (AvgIpc) is 2.38. The third-order valence-corrected chi connectivity index (χ3v) is 3.84. The lowest BCUT2D eigenvalue weighted by Gasteiger charge is -2.22. The van der Waals surface area contributed by atoms with E-state index in [-0.39, 0.29) is 18.2 Å². The highest BCUT2D eigenvalue weighted by molar-refractivity contribution is 5.87. The highest BCUT2D eigenvalue weighted by atomic mass is 16.4. The zero-order chi connectivity index (χ0) is 15.8. The van der Waals surface area contributed by atoms with E-state index < -0.39 is 18.1 Å². The molecule has 0 saturated heterocycles. The molecule has 3 N–H and O–H groups in total. The van der Waals surface area contributed by atoms with Gasteiger partial charge in [0.1, 0.15) is 6.04 Å². The van der Waals surface area contributed by atoms with Crippen LogP contribution < -0.4 is 10.6 Å². The van der Waals surface area contributed by atoms with Crippen molar-refractivity contribution in [2.24, 2.45) is 5.92 Å². The van der Waals surface area contributed by atoms with Crippen molar-refractivity contribution < 1.29 is 19.5 Å². The van der Waals surface area contributed by atoms with Crippen molar-refractivity contribution in [2.45, 2.75) is 70.9 Å². The second kappa shape index (κ2) is 8.64. The molecule has 120 valence electrons. The lowest BCUT2D eigenvalue weighted by molar-refractivity contribution is -0.138. The van der Waals surface area contributed by atoms with Crippen LogP contribution in [0, 0.1) is 5.92 Å². The molecule has 1 fully saturated rings. The minimum absolute atomic E-state index is 0.101. The van der Waals surface area contributed by atoms with E-state index in [1.165, 1.54) is 19.3 Å². The molecule has 0 spiro atoms. The van der Waals surface area contributed by atoms with Gasteiger partial charge in [0.05, 0.1) is 6.42 Å². The van der Waals surface area contributed by atoms with Crippen LogP contribution in [0.3, 0.4) is 0 Å². The van der Waals surface area contributed by atoms with Crippen LogP contribution in [-0.2, 0) is 14.4 Å². The third-order valence-electron chi connectivity index (χ3n) is 3.84. The Morgan fingerprint density at radius 1 is 1.10 bits per heavy atom. The molecule has 1 aliphatic rings. The highest BCUT2D eigenvalue weighted by Crippen LogP contribution is 2.26. The Kier molecular flexibility index (Phi) is 7.19. The molecular formula is C15H26N2O4. The predicted molar refractivity (Wildman–Crippen MR) is 78.7 cm³/mol. The molecule has 2 atom stereocenters.